The highest BCUT2D eigenvalue weighted by atomic mass is 79.9. The topological polar surface area (TPSA) is 47.5 Å². The molecule has 0 radical (unpaired) electrons. The second-order valence-corrected chi connectivity index (χ2v) is 9.52. The van der Waals surface area contributed by atoms with E-state index < -0.39 is 0 Å². The fourth-order valence-electron chi connectivity index (χ4n) is 4.38. The molecule has 2 aromatic rings. The van der Waals surface area contributed by atoms with Gasteiger partial charge < -0.3 is 15.3 Å². The summed E-state index contributed by atoms with van der Waals surface area (Å²) in [6.45, 7) is 8.74. The van der Waals surface area contributed by atoms with Crippen molar-refractivity contribution in [1.82, 2.24) is 15.5 Å². The highest BCUT2D eigenvalue weighted by Crippen LogP contribution is 2.37. The number of phenols is 1. The lowest BCUT2D eigenvalue weighted by molar-refractivity contribution is 0.0907. The van der Waals surface area contributed by atoms with Crippen molar-refractivity contribution in [2.75, 3.05) is 13.1 Å². The Morgan fingerprint density at radius 2 is 1.79 bits per heavy atom. The fraction of sp³-hybridized carbons (Fsp3) is 0.417. The van der Waals surface area contributed by atoms with Crippen molar-refractivity contribution in [3.63, 3.8) is 0 Å². The van der Waals surface area contributed by atoms with Gasteiger partial charge in [-0.25, -0.2) is 0 Å². The zero-order valence-corrected chi connectivity index (χ0v) is 19.0. The minimum atomic E-state index is -0.181. The van der Waals surface area contributed by atoms with Crippen molar-refractivity contribution < 1.29 is 5.11 Å². The number of benzene rings is 2. The molecular formula is C24H30BrN3O. The zero-order chi connectivity index (χ0) is 20.6. The predicted molar refractivity (Wildman–Crippen MR) is 123 cm³/mol. The number of hydrogen-bond donors (Lipinski definition) is 3. The van der Waals surface area contributed by atoms with Gasteiger partial charge in [-0.2, -0.15) is 0 Å². The van der Waals surface area contributed by atoms with Gasteiger partial charge >= 0.3 is 0 Å². The number of nitrogens with one attached hydrogen (secondary N) is 2. The average molecular weight is 456 g/mol. The van der Waals surface area contributed by atoms with E-state index in [-0.39, 0.29) is 11.7 Å². The van der Waals surface area contributed by atoms with Crippen LogP contribution >= 0.6 is 15.9 Å². The molecule has 0 saturated carbocycles. The third kappa shape index (κ3) is 4.37. The zero-order valence-electron chi connectivity index (χ0n) is 17.4. The maximum Gasteiger partial charge on any atom is 0.120 e. The van der Waals surface area contributed by atoms with Crippen LogP contribution in [0.5, 0.6) is 5.75 Å². The molecule has 2 heterocycles. The minimum absolute atomic E-state index is 0.0596. The highest BCUT2D eigenvalue weighted by molar-refractivity contribution is 9.10. The fourth-order valence-corrected chi connectivity index (χ4v) is 4.76. The van der Waals surface area contributed by atoms with Crippen LogP contribution in [0.4, 0.5) is 0 Å². The number of rotatable bonds is 3. The summed E-state index contributed by atoms with van der Waals surface area (Å²) in [5, 5.41) is 18.2. The van der Waals surface area contributed by atoms with Gasteiger partial charge in [-0.05, 0) is 63.5 Å². The van der Waals surface area contributed by atoms with Gasteiger partial charge in [0.25, 0.3) is 0 Å². The molecule has 4 nitrogen and oxygen atoms in total. The number of piperidine rings is 1. The summed E-state index contributed by atoms with van der Waals surface area (Å²) in [4.78, 5) is 2.53. The molecule has 0 amide bonds. The number of aryl methyl sites for hydroxylation is 1. The molecule has 1 spiro atoms. The monoisotopic (exact) mass is 455 g/mol. The van der Waals surface area contributed by atoms with E-state index in [0.717, 1.165) is 41.7 Å². The lowest BCUT2D eigenvalue weighted by Crippen LogP contribution is -2.64. The van der Waals surface area contributed by atoms with Crippen molar-refractivity contribution in [1.29, 1.82) is 0 Å². The van der Waals surface area contributed by atoms with E-state index >= 15 is 0 Å². The van der Waals surface area contributed by atoms with Crippen LogP contribution in [0.2, 0.25) is 0 Å². The first-order valence-electron chi connectivity index (χ1n) is 10.4. The van der Waals surface area contributed by atoms with Gasteiger partial charge in [-0.3, -0.25) is 5.32 Å². The Morgan fingerprint density at radius 1 is 1.10 bits per heavy atom. The Kier molecular flexibility index (Phi) is 5.74. The van der Waals surface area contributed by atoms with Crippen molar-refractivity contribution in [3.05, 3.63) is 69.7 Å². The first-order valence-corrected chi connectivity index (χ1v) is 11.2. The van der Waals surface area contributed by atoms with Crippen molar-refractivity contribution in [2.45, 2.75) is 51.4 Å². The SMILES string of the molecule is Cc1ccc(C2=CC(c3cc(Br)ccc3O)NC3(CCN(C(C)C)CC3)N2)cc1. The second-order valence-electron chi connectivity index (χ2n) is 8.61. The molecular weight excluding hydrogens is 426 g/mol. The lowest BCUT2D eigenvalue weighted by atomic mass is 9.88. The van der Waals surface area contributed by atoms with Crippen LogP contribution < -0.4 is 10.6 Å². The normalized spacial score (nSPS) is 21.8. The van der Waals surface area contributed by atoms with Gasteiger partial charge in [0, 0.05) is 34.9 Å². The van der Waals surface area contributed by atoms with E-state index in [4.69, 9.17) is 0 Å². The number of halogens is 1. The molecule has 5 heteroatoms. The summed E-state index contributed by atoms with van der Waals surface area (Å²) in [6.07, 6.45) is 4.23. The van der Waals surface area contributed by atoms with Crippen LogP contribution in [0.15, 0.2) is 53.0 Å². The smallest absolute Gasteiger partial charge is 0.120 e. The molecule has 1 unspecified atom stereocenters. The highest BCUT2D eigenvalue weighted by Gasteiger charge is 2.40. The summed E-state index contributed by atoms with van der Waals surface area (Å²) >= 11 is 3.56. The third-order valence-electron chi connectivity index (χ3n) is 6.21. The van der Waals surface area contributed by atoms with Crippen molar-refractivity contribution in [3.8, 4) is 5.75 Å². The summed E-state index contributed by atoms with van der Waals surface area (Å²) in [5.74, 6) is 0.321. The summed E-state index contributed by atoms with van der Waals surface area (Å²) in [5.41, 5.74) is 4.29. The van der Waals surface area contributed by atoms with Gasteiger partial charge in [-0.1, -0.05) is 45.8 Å². The standard InChI is InChI=1S/C24H30BrN3O/c1-16(2)28-12-10-24(11-13-28)26-21(18-6-4-17(3)5-7-18)15-22(27-24)20-14-19(25)8-9-23(20)29/h4-9,14-16,22,26-27,29H,10-13H2,1-3H3. The molecule has 4 rings (SSSR count). The van der Waals surface area contributed by atoms with Gasteiger partial charge in [0.1, 0.15) is 5.75 Å². The maximum atomic E-state index is 10.6. The molecule has 2 aliphatic rings. The van der Waals surface area contributed by atoms with Crippen LogP contribution in [-0.4, -0.2) is 34.8 Å². The molecule has 0 bridgehead atoms. The first kappa shape index (κ1) is 20.5. The number of hydrogen-bond acceptors (Lipinski definition) is 4. The Bertz CT molecular complexity index is 899. The van der Waals surface area contributed by atoms with E-state index in [1.54, 1.807) is 6.07 Å². The van der Waals surface area contributed by atoms with Crippen LogP contribution in [-0.2, 0) is 0 Å². The Hall–Kier alpha value is -1.82. The average Bonchev–Trinajstić information content (AvgIpc) is 2.70. The number of nitrogens with zero attached hydrogens (tertiary/aromatic N) is 1. The first-order chi connectivity index (χ1) is 13.8. The molecule has 2 aliphatic heterocycles. The molecule has 1 saturated heterocycles. The van der Waals surface area contributed by atoms with Crippen LogP contribution in [0.25, 0.3) is 5.70 Å². The summed E-state index contributed by atoms with van der Waals surface area (Å²) in [7, 11) is 0. The Balaban J connectivity index is 1.71. The second kappa shape index (κ2) is 8.13. The molecule has 2 aromatic carbocycles. The molecule has 29 heavy (non-hydrogen) atoms. The number of phenolic OH excluding ortho intramolecular Hbond substituents is 1. The molecule has 0 aliphatic carbocycles. The van der Waals surface area contributed by atoms with Gasteiger partial charge in [0.2, 0.25) is 0 Å². The summed E-state index contributed by atoms with van der Waals surface area (Å²) in [6, 6.07) is 14.8. The Morgan fingerprint density at radius 3 is 2.45 bits per heavy atom. The largest absolute Gasteiger partial charge is 0.508 e. The van der Waals surface area contributed by atoms with E-state index in [1.165, 1.54) is 11.1 Å². The van der Waals surface area contributed by atoms with Crippen molar-refractivity contribution >= 4 is 21.6 Å². The molecule has 1 atom stereocenters. The summed E-state index contributed by atoms with van der Waals surface area (Å²) < 4.78 is 0.972. The van der Waals surface area contributed by atoms with Crippen molar-refractivity contribution in [2.24, 2.45) is 0 Å². The lowest BCUT2D eigenvalue weighted by Gasteiger charge is -2.49. The predicted octanol–water partition coefficient (Wildman–Crippen LogP) is 4.94. The third-order valence-corrected chi connectivity index (χ3v) is 6.70. The van der Waals surface area contributed by atoms with E-state index in [1.807, 2.05) is 12.1 Å². The van der Waals surface area contributed by atoms with Gasteiger partial charge in [-0.15, -0.1) is 0 Å². The number of likely N-dealkylation sites (tertiary alicyclic amines) is 1. The van der Waals surface area contributed by atoms with E-state index in [2.05, 4.69) is 82.6 Å². The Labute approximate surface area is 182 Å². The number of aromatic hydroxyl groups is 1. The molecule has 3 N–H and O–H groups in total. The van der Waals surface area contributed by atoms with Gasteiger partial charge in [0.15, 0.2) is 0 Å². The van der Waals surface area contributed by atoms with Gasteiger partial charge in [0.05, 0.1) is 11.7 Å². The van der Waals surface area contributed by atoms with Crippen LogP contribution in [0, 0.1) is 6.92 Å². The molecule has 1 fully saturated rings. The molecule has 154 valence electrons. The van der Waals surface area contributed by atoms with Crippen LogP contribution in [0.3, 0.4) is 0 Å². The minimum Gasteiger partial charge on any atom is -0.508 e. The maximum absolute atomic E-state index is 10.6. The van der Waals surface area contributed by atoms with E-state index in [9.17, 15) is 5.11 Å². The molecule has 0 aromatic heterocycles. The van der Waals surface area contributed by atoms with Crippen LogP contribution in [0.1, 0.15) is 49.4 Å². The van der Waals surface area contributed by atoms with E-state index in [0.29, 0.717) is 11.8 Å². The quantitative estimate of drug-likeness (QED) is 0.613.